The van der Waals surface area contributed by atoms with E-state index in [9.17, 15) is 0 Å². The Hall–Kier alpha value is -1.78. The van der Waals surface area contributed by atoms with Crippen LogP contribution in [0.15, 0.2) is 36.4 Å². The minimum Gasteiger partial charge on any atom is -0.492 e. The highest BCUT2D eigenvalue weighted by atomic mass is 35.5. The fraction of sp³-hybridized carbons (Fsp3) is 0.421. The molecule has 128 valence electrons. The minimum absolute atomic E-state index is 0.578. The Morgan fingerprint density at radius 3 is 2.58 bits per heavy atom. The average Bonchev–Trinajstić information content (AvgIpc) is 2.56. The normalized spacial score (nSPS) is 15.5. The van der Waals surface area contributed by atoms with Gasteiger partial charge < -0.3 is 9.64 Å². The van der Waals surface area contributed by atoms with Gasteiger partial charge in [-0.25, -0.2) is 4.98 Å². The summed E-state index contributed by atoms with van der Waals surface area (Å²) in [7, 11) is 0. The number of halogens is 1. The molecule has 0 bridgehead atoms. The summed E-state index contributed by atoms with van der Waals surface area (Å²) >= 11 is 6.07. The van der Waals surface area contributed by atoms with E-state index >= 15 is 0 Å². The molecule has 0 unspecified atom stereocenters. The number of piperazine rings is 1. The molecule has 0 atom stereocenters. The van der Waals surface area contributed by atoms with Crippen molar-refractivity contribution in [3.8, 4) is 5.75 Å². The molecular formula is C19H24ClN3O. The van der Waals surface area contributed by atoms with Gasteiger partial charge in [-0.2, -0.15) is 0 Å². The van der Waals surface area contributed by atoms with Gasteiger partial charge in [0, 0.05) is 38.4 Å². The molecule has 0 aliphatic carbocycles. The lowest BCUT2D eigenvalue weighted by atomic mass is 10.2. The van der Waals surface area contributed by atoms with Gasteiger partial charge in [-0.05, 0) is 43.7 Å². The van der Waals surface area contributed by atoms with Crippen molar-refractivity contribution in [1.29, 1.82) is 0 Å². The highest BCUT2D eigenvalue weighted by Crippen LogP contribution is 2.29. The van der Waals surface area contributed by atoms with E-state index in [1.165, 1.54) is 11.3 Å². The molecule has 0 spiro atoms. The highest BCUT2D eigenvalue weighted by molar-refractivity contribution is 6.29. The number of pyridine rings is 1. The van der Waals surface area contributed by atoms with Crippen LogP contribution in [0.5, 0.6) is 5.75 Å². The lowest BCUT2D eigenvalue weighted by molar-refractivity contribution is 0.248. The van der Waals surface area contributed by atoms with Crippen molar-refractivity contribution in [2.24, 2.45) is 0 Å². The summed E-state index contributed by atoms with van der Waals surface area (Å²) in [6.45, 7) is 9.68. The largest absolute Gasteiger partial charge is 0.492 e. The first-order valence-electron chi connectivity index (χ1n) is 8.48. The number of ether oxygens (including phenoxy) is 1. The smallest absolute Gasteiger partial charge is 0.142 e. The molecule has 2 heterocycles. The van der Waals surface area contributed by atoms with Crippen molar-refractivity contribution < 1.29 is 4.74 Å². The van der Waals surface area contributed by atoms with Crippen molar-refractivity contribution >= 4 is 17.3 Å². The topological polar surface area (TPSA) is 28.6 Å². The summed E-state index contributed by atoms with van der Waals surface area (Å²) in [4.78, 5) is 9.10. The number of hydrogen-bond donors (Lipinski definition) is 0. The molecule has 0 amide bonds. The van der Waals surface area contributed by atoms with Crippen LogP contribution >= 0.6 is 11.6 Å². The number of aryl methyl sites for hydroxylation is 1. The molecular weight excluding hydrogens is 322 g/mol. The molecule has 0 radical (unpaired) electrons. The molecule has 1 aliphatic heterocycles. The second-order valence-corrected chi connectivity index (χ2v) is 6.49. The predicted octanol–water partition coefficient (Wildman–Crippen LogP) is 3.76. The Balaban J connectivity index is 1.62. The molecule has 24 heavy (non-hydrogen) atoms. The van der Waals surface area contributed by atoms with Crippen LogP contribution in [-0.2, 0) is 6.54 Å². The van der Waals surface area contributed by atoms with Crippen LogP contribution in [0.2, 0.25) is 5.15 Å². The monoisotopic (exact) mass is 345 g/mol. The molecule has 2 aromatic rings. The quantitative estimate of drug-likeness (QED) is 0.771. The maximum absolute atomic E-state index is 6.07. The highest BCUT2D eigenvalue weighted by Gasteiger charge is 2.19. The van der Waals surface area contributed by atoms with Crippen molar-refractivity contribution in [2.75, 3.05) is 37.7 Å². The van der Waals surface area contributed by atoms with Crippen LogP contribution in [0.3, 0.4) is 0 Å². The number of anilines is 1. The van der Waals surface area contributed by atoms with Crippen LogP contribution in [0.25, 0.3) is 0 Å². The molecule has 1 saturated heterocycles. The molecule has 1 fully saturated rings. The van der Waals surface area contributed by atoms with Gasteiger partial charge in [-0.3, -0.25) is 4.90 Å². The first kappa shape index (κ1) is 17.1. The van der Waals surface area contributed by atoms with E-state index in [1.807, 2.05) is 32.0 Å². The lowest BCUT2D eigenvalue weighted by Gasteiger charge is -2.36. The third kappa shape index (κ3) is 4.19. The Kier molecular flexibility index (Phi) is 5.59. The van der Waals surface area contributed by atoms with Gasteiger partial charge in [-0.15, -0.1) is 0 Å². The average molecular weight is 346 g/mol. The molecule has 3 rings (SSSR count). The number of rotatable bonds is 5. The zero-order chi connectivity index (χ0) is 16.9. The minimum atomic E-state index is 0.578. The second-order valence-electron chi connectivity index (χ2n) is 6.10. The summed E-state index contributed by atoms with van der Waals surface area (Å²) in [6, 6.07) is 12.4. The van der Waals surface area contributed by atoms with Gasteiger partial charge in [0.05, 0.1) is 12.3 Å². The van der Waals surface area contributed by atoms with E-state index in [4.69, 9.17) is 16.3 Å². The van der Waals surface area contributed by atoms with Gasteiger partial charge in [0.1, 0.15) is 10.9 Å². The molecule has 1 aliphatic rings. The number of nitrogens with zero attached hydrogens (tertiary/aromatic N) is 3. The van der Waals surface area contributed by atoms with Gasteiger partial charge in [0.2, 0.25) is 0 Å². The van der Waals surface area contributed by atoms with Crippen molar-refractivity contribution in [2.45, 2.75) is 20.4 Å². The second kappa shape index (κ2) is 7.86. The Morgan fingerprint density at radius 2 is 1.88 bits per heavy atom. The zero-order valence-electron chi connectivity index (χ0n) is 14.3. The zero-order valence-corrected chi connectivity index (χ0v) is 15.1. The van der Waals surface area contributed by atoms with Crippen LogP contribution in [0.4, 0.5) is 5.69 Å². The van der Waals surface area contributed by atoms with E-state index in [0.29, 0.717) is 11.8 Å². The van der Waals surface area contributed by atoms with Crippen molar-refractivity contribution in [3.63, 3.8) is 0 Å². The van der Waals surface area contributed by atoms with Crippen molar-refractivity contribution in [3.05, 3.63) is 52.8 Å². The standard InChI is InChI=1S/C19H24ClN3O/c1-3-24-18-7-5-4-6-17(18)23-10-8-22(9-11-23)14-16-12-15(2)21-19(20)13-16/h4-7,12-13H,3,8-11,14H2,1-2H3. The summed E-state index contributed by atoms with van der Waals surface area (Å²) in [5.74, 6) is 0.977. The van der Waals surface area contributed by atoms with E-state index in [-0.39, 0.29) is 0 Å². The van der Waals surface area contributed by atoms with Gasteiger partial charge in [0.25, 0.3) is 0 Å². The predicted molar refractivity (Wildman–Crippen MR) is 99.1 cm³/mol. The number of aromatic nitrogens is 1. The maximum atomic E-state index is 6.07. The van der Waals surface area contributed by atoms with Crippen LogP contribution in [0, 0.1) is 6.92 Å². The van der Waals surface area contributed by atoms with Gasteiger partial charge in [-0.1, -0.05) is 23.7 Å². The summed E-state index contributed by atoms with van der Waals surface area (Å²) in [6.07, 6.45) is 0. The Morgan fingerprint density at radius 1 is 1.12 bits per heavy atom. The van der Waals surface area contributed by atoms with E-state index in [1.54, 1.807) is 0 Å². The van der Waals surface area contributed by atoms with E-state index in [0.717, 1.165) is 44.2 Å². The maximum Gasteiger partial charge on any atom is 0.142 e. The number of hydrogen-bond acceptors (Lipinski definition) is 4. The van der Waals surface area contributed by atoms with Crippen molar-refractivity contribution in [1.82, 2.24) is 9.88 Å². The van der Waals surface area contributed by atoms with E-state index < -0.39 is 0 Å². The summed E-state index contributed by atoms with van der Waals surface area (Å²) < 4.78 is 5.76. The fourth-order valence-corrected chi connectivity index (χ4v) is 3.46. The Bertz CT molecular complexity index is 664. The molecule has 5 heteroatoms. The molecule has 1 aromatic carbocycles. The number of benzene rings is 1. The first-order valence-corrected chi connectivity index (χ1v) is 8.85. The third-order valence-corrected chi connectivity index (χ3v) is 4.46. The van der Waals surface area contributed by atoms with Gasteiger partial charge >= 0.3 is 0 Å². The summed E-state index contributed by atoms with van der Waals surface area (Å²) in [5, 5.41) is 0.578. The van der Waals surface area contributed by atoms with Gasteiger partial charge in [0.15, 0.2) is 0 Å². The Labute approximate surface area is 149 Å². The summed E-state index contributed by atoms with van der Waals surface area (Å²) in [5.41, 5.74) is 3.40. The lowest BCUT2D eigenvalue weighted by Crippen LogP contribution is -2.46. The molecule has 0 saturated carbocycles. The molecule has 1 aromatic heterocycles. The fourth-order valence-electron chi connectivity index (χ4n) is 3.19. The molecule has 4 nitrogen and oxygen atoms in total. The van der Waals surface area contributed by atoms with E-state index in [2.05, 4.69) is 33.0 Å². The SMILES string of the molecule is CCOc1ccccc1N1CCN(Cc2cc(C)nc(Cl)c2)CC1. The molecule has 0 N–H and O–H groups in total. The van der Waals surface area contributed by atoms with Crippen LogP contribution in [-0.4, -0.2) is 42.7 Å². The van der Waals surface area contributed by atoms with Crippen LogP contribution < -0.4 is 9.64 Å². The first-order chi connectivity index (χ1) is 11.7. The van der Waals surface area contributed by atoms with Crippen LogP contribution in [0.1, 0.15) is 18.2 Å². The third-order valence-electron chi connectivity index (χ3n) is 4.27. The number of para-hydroxylation sites is 2.